The van der Waals surface area contributed by atoms with Gasteiger partial charge < -0.3 is 14.7 Å². The van der Waals surface area contributed by atoms with E-state index in [2.05, 4.69) is 17.0 Å². The number of hydrogen-bond acceptors (Lipinski definition) is 3. The van der Waals surface area contributed by atoms with Gasteiger partial charge in [-0.05, 0) is 44.0 Å². The molecule has 1 atom stereocenters. The maximum Gasteiger partial charge on any atom is 0.306 e. The molecule has 0 amide bonds. The van der Waals surface area contributed by atoms with Crippen LogP contribution < -0.4 is 4.74 Å². The van der Waals surface area contributed by atoms with Crippen LogP contribution in [-0.2, 0) is 4.79 Å². The highest BCUT2D eigenvalue weighted by atomic mass is 16.5. The van der Waals surface area contributed by atoms with Crippen LogP contribution in [0.5, 0.6) is 5.75 Å². The SMILES string of the molecule is O=C(O)C1CCN(CC2CCOc3ccccc32)CC1. The van der Waals surface area contributed by atoms with Gasteiger partial charge in [0.25, 0.3) is 0 Å². The zero-order valence-electron chi connectivity index (χ0n) is 11.6. The maximum atomic E-state index is 11.0. The van der Waals surface area contributed by atoms with E-state index in [9.17, 15) is 4.79 Å². The first-order valence-corrected chi connectivity index (χ1v) is 7.41. The lowest BCUT2D eigenvalue weighted by Crippen LogP contribution is -2.39. The predicted octanol–water partition coefficient (Wildman–Crippen LogP) is 2.35. The molecule has 0 aromatic heterocycles. The molecule has 0 spiro atoms. The molecule has 108 valence electrons. The summed E-state index contributed by atoms with van der Waals surface area (Å²) >= 11 is 0. The van der Waals surface area contributed by atoms with E-state index in [0.29, 0.717) is 5.92 Å². The molecule has 1 N–H and O–H groups in total. The van der Waals surface area contributed by atoms with Gasteiger partial charge in [-0.25, -0.2) is 0 Å². The molecule has 1 aromatic rings. The second-order valence-electron chi connectivity index (χ2n) is 5.79. The van der Waals surface area contributed by atoms with Gasteiger partial charge in [-0.2, -0.15) is 0 Å². The average Bonchev–Trinajstić information content (AvgIpc) is 2.48. The molecule has 4 nitrogen and oxygen atoms in total. The number of benzene rings is 1. The molecule has 1 saturated heterocycles. The Hall–Kier alpha value is -1.55. The third kappa shape index (κ3) is 2.80. The van der Waals surface area contributed by atoms with Gasteiger partial charge in [-0.3, -0.25) is 4.79 Å². The van der Waals surface area contributed by atoms with Crippen molar-refractivity contribution in [2.45, 2.75) is 25.2 Å². The summed E-state index contributed by atoms with van der Waals surface area (Å²) in [6.07, 6.45) is 2.61. The minimum atomic E-state index is -0.638. The summed E-state index contributed by atoms with van der Waals surface area (Å²) in [6.45, 7) is 3.60. The highest BCUT2D eigenvalue weighted by Gasteiger charge is 2.28. The van der Waals surface area contributed by atoms with Crippen LogP contribution in [0.25, 0.3) is 0 Å². The fourth-order valence-electron chi connectivity index (χ4n) is 3.28. The second-order valence-corrected chi connectivity index (χ2v) is 5.79. The Balaban J connectivity index is 1.61. The van der Waals surface area contributed by atoms with Crippen molar-refractivity contribution in [2.75, 3.05) is 26.2 Å². The minimum Gasteiger partial charge on any atom is -0.493 e. The van der Waals surface area contributed by atoms with Gasteiger partial charge >= 0.3 is 5.97 Å². The summed E-state index contributed by atoms with van der Waals surface area (Å²) in [5.74, 6) is 0.750. The molecule has 1 unspecified atom stereocenters. The molecular weight excluding hydrogens is 254 g/mol. The summed E-state index contributed by atoms with van der Waals surface area (Å²) in [7, 11) is 0. The third-order valence-corrected chi connectivity index (χ3v) is 4.50. The van der Waals surface area contributed by atoms with Crippen LogP contribution >= 0.6 is 0 Å². The first-order valence-electron chi connectivity index (χ1n) is 7.41. The fourth-order valence-corrected chi connectivity index (χ4v) is 3.28. The normalized spacial score (nSPS) is 23.9. The maximum absolute atomic E-state index is 11.0. The van der Waals surface area contributed by atoms with Crippen LogP contribution in [0.15, 0.2) is 24.3 Å². The Kier molecular flexibility index (Phi) is 3.92. The molecule has 2 aliphatic heterocycles. The Bertz CT molecular complexity index is 480. The number of likely N-dealkylation sites (tertiary alicyclic amines) is 1. The summed E-state index contributed by atoms with van der Waals surface area (Å²) in [5, 5.41) is 9.04. The first-order chi connectivity index (χ1) is 9.74. The number of aliphatic carboxylic acids is 1. The molecule has 3 rings (SSSR count). The summed E-state index contributed by atoms with van der Waals surface area (Å²) in [6, 6.07) is 8.28. The van der Waals surface area contributed by atoms with Crippen LogP contribution in [0.3, 0.4) is 0 Å². The third-order valence-electron chi connectivity index (χ3n) is 4.50. The van der Waals surface area contributed by atoms with Crippen molar-refractivity contribution < 1.29 is 14.6 Å². The monoisotopic (exact) mass is 275 g/mol. The molecule has 0 radical (unpaired) electrons. The number of carboxylic acid groups (broad SMARTS) is 1. The number of nitrogens with zero attached hydrogens (tertiary/aromatic N) is 1. The van der Waals surface area contributed by atoms with E-state index in [0.717, 1.165) is 51.3 Å². The molecule has 2 aliphatic rings. The summed E-state index contributed by atoms with van der Waals surface area (Å²) < 4.78 is 5.70. The van der Waals surface area contributed by atoms with Crippen LogP contribution in [0.1, 0.15) is 30.7 Å². The van der Waals surface area contributed by atoms with Crippen molar-refractivity contribution in [3.63, 3.8) is 0 Å². The second kappa shape index (κ2) is 5.83. The van der Waals surface area contributed by atoms with Gasteiger partial charge in [-0.15, -0.1) is 0 Å². The number of fused-ring (bicyclic) bond motifs is 1. The lowest BCUT2D eigenvalue weighted by atomic mass is 9.90. The zero-order chi connectivity index (χ0) is 13.9. The van der Waals surface area contributed by atoms with Gasteiger partial charge in [0, 0.05) is 12.5 Å². The van der Waals surface area contributed by atoms with Gasteiger partial charge in [0.15, 0.2) is 0 Å². The fraction of sp³-hybridized carbons (Fsp3) is 0.562. The van der Waals surface area contributed by atoms with Crippen LogP contribution in [-0.4, -0.2) is 42.2 Å². The molecule has 0 bridgehead atoms. The molecule has 1 aromatic carbocycles. The quantitative estimate of drug-likeness (QED) is 0.920. The Morgan fingerprint density at radius 2 is 2.00 bits per heavy atom. The van der Waals surface area contributed by atoms with Crippen molar-refractivity contribution in [3.8, 4) is 5.75 Å². The minimum absolute atomic E-state index is 0.145. The van der Waals surface area contributed by atoms with Gasteiger partial charge in [0.05, 0.1) is 12.5 Å². The lowest BCUT2D eigenvalue weighted by molar-refractivity contribution is -0.143. The highest BCUT2D eigenvalue weighted by Crippen LogP contribution is 2.34. The largest absolute Gasteiger partial charge is 0.493 e. The number of para-hydroxylation sites is 1. The van der Waals surface area contributed by atoms with Crippen LogP contribution in [0, 0.1) is 5.92 Å². The van der Waals surface area contributed by atoms with E-state index in [1.54, 1.807) is 0 Å². The van der Waals surface area contributed by atoms with Gasteiger partial charge in [-0.1, -0.05) is 18.2 Å². The number of carbonyl (C=O) groups is 1. The summed E-state index contributed by atoms with van der Waals surface area (Å²) in [5.41, 5.74) is 1.30. The predicted molar refractivity (Wildman–Crippen MR) is 76.1 cm³/mol. The molecular formula is C16H21NO3. The molecule has 4 heteroatoms. The smallest absolute Gasteiger partial charge is 0.306 e. The molecule has 2 heterocycles. The summed E-state index contributed by atoms with van der Waals surface area (Å²) in [4.78, 5) is 13.4. The van der Waals surface area contributed by atoms with E-state index in [-0.39, 0.29) is 5.92 Å². The number of rotatable bonds is 3. The van der Waals surface area contributed by atoms with Crippen molar-refractivity contribution in [2.24, 2.45) is 5.92 Å². The number of ether oxygens (including phenoxy) is 1. The van der Waals surface area contributed by atoms with Crippen LogP contribution in [0.2, 0.25) is 0 Å². The van der Waals surface area contributed by atoms with E-state index < -0.39 is 5.97 Å². The molecule has 0 aliphatic carbocycles. The van der Waals surface area contributed by atoms with Crippen LogP contribution in [0.4, 0.5) is 0 Å². The average molecular weight is 275 g/mol. The standard InChI is InChI=1S/C16H21NO3/c18-16(19)12-5-8-17(9-6-12)11-13-7-10-20-15-4-2-1-3-14(13)15/h1-4,12-13H,5-11H2,(H,18,19). The van der Waals surface area contributed by atoms with Gasteiger partial charge in [0.2, 0.25) is 0 Å². The number of carboxylic acids is 1. The number of hydrogen-bond donors (Lipinski definition) is 1. The van der Waals surface area contributed by atoms with Crippen molar-refractivity contribution >= 4 is 5.97 Å². The molecule has 20 heavy (non-hydrogen) atoms. The zero-order valence-corrected chi connectivity index (χ0v) is 11.6. The Morgan fingerprint density at radius 1 is 1.25 bits per heavy atom. The Labute approximate surface area is 119 Å². The van der Waals surface area contributed by atoms with Crippen molar-refractivity contribution in [1.82, 2.24) is 4.90 Å². The number of piperidine rings is 1. The van der Waals surface area contributed by atoms with Crippen molar-refractivity contribution in [3.05, 3.63) is 29.8 Å². The van der Waals surface area contributed by atoms with E-state index >= 15 is 0 Å². The highest BCUT2D eigenvalue weighted by molar-refractivity contribution is 5.70. The van der Waals surface area contributed by atoms with E-state index in [1.807, 2.05) is 12.1 Å². The topological polar surface area (TPSA) is 49.8 Å². The Morgan fingerprint density at radius 3 is 2.75 bits per heavy atom. The molecule has 1 fully saturated rings. The molecule has 0 saturated carbocycles. The van der Waals surface area contributed by atoms with E-state index in [1.165, 1.54) is 5.56 Å². The van der Waals surface area contributed by atoms with Crippen molar-refractivity contribution in [1.29, 1.82) is 0 Å². The van der Waals surface area contributed by atoms with Gasteiger partial charge in [0.1, 0.15) is 5.75 Å². The first kappa shape index (κ1) is 13.4. The van der Waals surface area contributed by atoms with E-state index in [4.69, 9.17) is 9.84 Å². The lowest BCUT2D eigenvalue weighted by Gasteiger charge is -2.35.